The Balaban J connectivity index is 1.58. The normalized spacial score (nSPS) is 36.5. The summed E-state index contributed by atoms with van der Waals surface area (Å²) in [6.45, 7) is 0. The minimum Gasteiger partial charge on any atom is -0.390 e. The van der Waals surface area contributed by atoms with E-state index in [1.807, 2.05) is 0 Å². The van der Waals surface area contributed by atoms with Crippen molar-refractivity contribution in [2.75, 3.05) is 0 Å². The van der Waals surface area contributed by atoms with Crippen molar-refractivity contribution in [2.45, 2.75) is 49.9 Å². The van der Waals surface area contributed by atoms with Gasteiger partial charge in [-0.05, 0) is 55.9 Å². The van der Waals surface area contributed by atoms with Crippen LogP contribution in [0.2, 0.25) is 0 Å². The lowest BCUT2D eigenvalue weighted by atomic mass is 9.52. The van der Waals surface area contributed by atoms with Crippen molar-refractivity contribution in [1.82, 2.24) is 5.32 Å². The summed E-state index contributed by atoms with van der Waals surface area (Å²) < 4.78 is 39.9. The van der Waals surface area contributed by atoms with E-state index in [1.54, 1.807) is 7.85 Å². The van der Waals surface area contributed by atoms with Gasteiger partial charge in [0.15, 0.2) is 0 Å². The predicted octanol–water partition coefficient (Wildman–Crippen LogP) is 1.63. The van der Waals surface area contributed by atoms with E-state index in [2.05, 4.69) is 5.32 Å². The number of carbonyl (C=O) groups excluding carboxylic acids is 1. The highest BCUT2D eigenvalue weighted by molar-refractivity contribution is 6.32. The fourth-order valence-corrected chi connectivity index (χ4v) is 5.54. The van der Waals surface area contributed by atoms with E-state index in [0.717, 1.165) is 25.3 Å². The zero-order chi connectivity index (χ0) is 18.0. The first-order chi connectivity index (χ1) is 11.6. The fraction of sp³-hybridized carbons (Fsp3) is 0.611. The van der Waals surface area contributed by atoms with Gasteiger partial charge in [-0.25, -0.2) is 0 Å². The van der Waals surface area contributed by atoms with Crippen LogP contribution in [0.1, 0.15) is 48.0 Å². The first-order valence-corrected chi connectivity index (χ1v) is 8.86. The number of hydrogen-bond donors (Lipinski definition) is 2. The lowest BCUT2D eigenvalue weighted by Crippen LogP contribution is -2.61. The summed E-state index contributed by atoms with van der Waals surface area (Å²) in [7, 11) is 1.58. The number of amides is 1. The molecule has 4 aliphatic carbocycles. The molecule has 0 heterocycles. The molecule has 0 radical (unpaired) electrons. The molecule has 7 heteroatoms. The first-order valence-electron chi connectivity index (χ1n) is 8.86. The maximum atomic E-state index is 13.3. The van der Waals surface area contributed by atoms with E-state index in [0.29, 0.717) is 24.2 Å². The van der Waals surface area contributed by atoms with Crippen molar-refractivity contribution in [1.29, 1.82) is 0 Å². The molecule has 3 nitrogen and oxygen atoms in total. The minimum atomic E-state index is -4.56. The van der Waals surface area contributed by atoms with Gasteiger partial charge in [0, 0.05) is 6.04 Å². The molecular weight excluding hydrogens is 330 g/mol. The smallest absolute Gasteiger partial charge is 0.390 e. The Labute approximate surface area is 145 Å². The third-order valence-corrected chi connectivity index (χ3v) is 6.26. The minimum absolute atomic E-state index is 0.133. The van der Waals surface area contributed by atoms with Crippen LogP contribution in [0.25, 0.3) is 0 Å². The molecule has 2 N–H and O–H groups in total. The standard InChI is InChI=1S/C18H21BF3NO2/c19-12-1-2-13(14(5-12)18(20,21)22)16(24)23-15-10-3-9-4-11(15)8-17(25,6-9)7-10/h1-2,5,9-11,15,25H,3-4,6-8,19H2,(H,23,24)/t9?,10?,11?,15-,17-. The van der Waals surface area contributed by atoms with Gasteiger partial charge in [-0.15, -0.1) is 0 Å². The molecule has 25 heavy (non-hydrogen) atoms. The molecule has 0 saturated heterocycles. The van der Waals surface area contributed by atoms with Gasteiger partial charge in [0.05, 0.1) is 16.7 Å². The van der Waals surface area contributed by atoms with Gasteiger partial charge in [0.25, 0.3) is 5.91 Å². The number of nitrogens with one attached hydrogen (secondary N) is 1. The van der Waals surface area contributed by atoms with Crippen LogP contribution in [0.15, 0.2) is 18.2 Å². The molecule has 5 rings (SSSR count). The average molecular weight is 351 g/mol. The molecular formula is C18H21BF3NO2. The Bertz CT molecular complexity index is 705. The third kappa shape index (κ3) is 2.96. The van der Waals surface area contributed by atoms with Crippen molar-refractivity contribution in [3.05, 3.63) is 29.3 Å². The lowest BCUT2D eigenvalue weighted by Gasteiger charge is -2.58. The van der Waals surface area contributed by atoms with Crippen LogP contribution >= 0.6 is 0 Å². The Hall–Kier alpha value is -1.50. The second-order valence-electron chi connectivity index (χ2n) is 8.24. The van der Waals surface area contributed by atoms with Crippen LogP contribution < -0.4 is 10.8 Å². The predicted molar refractivity (Wildman–Crippen MR) is 89.4 cm³/mol. The second kappa shape index (κ2) is 5.50. The van der Waals surface area contributed by atoms with Crippen molar-refractivity contribution in [3.8, 4) is 0 Å². The molecule has 4 bridgehead atoms. The van der Waals surface area contributed by atoms with E-state index in [1.165, 1.54) is 12.1 Å². The van der Waals surface area contributed by atoms with Crippen LogP contribution in [0.5, 0.6) is 0 Å². The Morgan fingerprint density at radius 1 is 1.20 bits per heavy atom. The monoisotopic (exact) mass is 351 g/mol. The summed E-state index contributed by atoms with van der Waals surface area (Å²) in [5.74, 6) is 0.164. The van der Waals surface area contributed by atoms with Gasteiger partial charge in [0.1, 0.15) is 7.85 Å². The molecule has 4 fully saturated rings. The van der Waals surface area contributed by atoms with E-state index < -0.39 is 23.2 Å². The SMILES string of the molecule is Bc1ccc(C(=O)N[C@H]2C3CC4CC2C[C@](O)(C4)C3)c(C(F)(F)F)c1. The Kier molecular flexibility index (Phi) is 3.73. The molecule has 4 saturated carbocycles. The fourth-order valence-electron chi connectivity index (χ4n) is 5.54. The highest BCUT2D eigenvalue weighted by Gasteiger charge is 2.55. The number of hydrogen-bond acceptors (Lipinski definition) is 2. The van der Waals surface area contributed by atoms with Crippen molar-refractivity contribution in [2.24, 2.45) is 17.8 Å². The number of aliphatic hydroxyl groups is 1. The molecule has 1 amide bonds. The van der Waals surface area contributed by atoms with Crippen LogP contribution in [0, 0.1) is 17.8 Å². The van der Waals surface area contributed by atoms with Gasteiger partial charge >= 0.3 is 6.18 Å². The average Bonchev–Trinajstić information content (AvgIpc) is 2.48. The molecule has 1 aromatic rings. The second-order valence-corrected chi connectivity index (χ2v) is 8.24. The van der Waals surface area contributed by atoms with Crippen LogP contribution in [0.4, 0.5) is 13.2 Å². The Morgan fingerprint density at radius 2 is 1.84 bits per heavy atom. The maximum Gasteiger partial charge on any atom is 0.417 e. The third-order valence-electron chi connectivity index (χ3n) is 6.26. The van der Waals surface area contributed by atoms with E-state index in [9.17, 15) is 23.1 Å². The summed E-state index contributed by atoms with van der Waals surface area (Å²) in [5, 5.41) is 13.5. The van der Waals surface area contributed by atoms with Gasteiger partial charge in [0.2, 0.25) is 0 Å². The maximum absolute atomic E-state index is 13.3. The van der Waals surface area contributed by atoms with Crippen molar-refractivity contribution < 1.29 is 23.1 Å². The molecule has 134 valence electrons. The highest BCUT2D eigenvalue weighted by Crippen LogP contribution is 2.55. The van der Waals surface area contributed by atoms with Gasteiger partial charge in [-0.1, -0.05) is 17.6 Å². The zero-order valence-corrected chi connectivity index (χ0v) is 14.1. The topological polar surface area (TPSA) is 49.3 Å². The number of alkyl halides is 3. The summed E-state index contributed by atoms with van der Waals surface area (Å²) in [6.07, 6.45) is -0.543. The largest absolute Gasteiger partial charge is 0.417 e. The Morgan fingerprint density at radius 3 is 2.40 bits per heavy atom. The van der Waals surface area contributed by atoms with E-state index >= 15 is 0 Å². The van der Waals surface area contributed by atoms with Crippen LogP contribution in [0.3, 0.4) is 0 Å². The molecule has 4 aliphatic rings. The molecule has 2 atom stereocenters. The van der Waals surface area contributed by atoms with Gasteiger partial charge in [-0.2, -0.15) is 13.2 Å². The summed E-state index contributed by atoms with van der Waals surface area (Å²) >= 11 is 0. The van der Waals surface area contributed by atoms with Crippen molar-refractivity contribution in [3.63, 3.8) is 0 Å². The summed E-state index contributed by atoms with van der Waals surface area (Å²) in [5.41, 5.74) is -1.35. The molecule has 0 aromatic heterocycles. The number of carbonyl (C=O) groups is 1. The quantitative estimate of drug-likeness (QED) is 0.796. The summed E-state index contributed by atoms with van der Waals surface area (Å²) in [6, 6.07) is 3.68. The number of rotatable bonds is 2. The number of benzene rings is 1. The lowest BCUT2D eigenvalue weighted by molar-refractivity contribution is -0.138. The summed E-state index contributed by atoms with van der Waals surface area (Å²) in [4.78, 5) is 12.6. The highest BCUT2D eigenvalue weighted by atomic mass is 19.4. The van der Waals surface area contributed by atoms with Gasteiger partial charge < -0.3 is 10.4 Å². The molecule has 0 spiro atoms. The van der Waals surface area contributed by atoms with Gasteiger partial charge in [-0.3, -0.25) is 4.79 Å². The van der Waals surface area contributed by atoms with Crippen LogP contribution in [-0.2, 0) is 6.18 Å². The van der Waals surface area contributed by atoms with Crippen LogP contribution in [-0.4, -0.2) is 30.5 Å². The first kappa shape index (κ1) is 16.9. The van der Waals surface area contributed by atoms with Crippen molar-refractivity contribution >= 4 is 19.2 Å². The number of halogens is 3. The molecule has 2 unspecified atom stereocenters. The molecule has 1 aromatic carbocycles. The van der Waals surface area contributed by atoms with E-state index in [4.69, 9.17) is 0 Å². The zero-order valence-electron chi connectivity index (χ0n) is 14.1. The molecule has 0 aliphatic heterocycles. The van der Waals surface area contributed by atoms with E-state index in [-0.39, 0.29) is 23.4 Å².